The largest absolute Gasteiger partial charge is 0.370 e. The van der Waals surface area contributed by atoms with Crippen molar-refractivity contribution in [1.82, 2.24) is 15.0 Å². The summed E-state index contributed by atoms with van der Waals surface area (Å²) in [6, 6.07) is 19.2. The number of H-pyrrole nitrogens is 1. The number of nitrogens with zero attached hydrogens (tertiary/aromatic N) is 2. The average Bonchev–Trinajstić information content (AvgIpc) is 3.21. The Morgan fingerprint density at radius 3 is 2.66 bits per heavy atom. The number of fused-ring (bicyclic) bond motifs is 1. The normalized spacial score (nSPS) is 10.7. The first-order valence-corrected chi connectivity index (χ1v) is 9.44. The molecular formula is C22H22N6O. The van der Waals surface area contributed by atoms with E-state index >= 15 is 0 Å². The minimum absolute atomic E-state index is 0.255. The maximum atomic E-state index is 12.4. The van der Waals surface area contributed by atoms with Gasteiger partial charge >= 0.3 is 6.03 Å². The minimum Gasteiger partial charge on any atom is -0.370 e. The molecule has 0 saturated heterocycles. The van der Waals surface area contributed by atoms with Crippen LogP contribution in [0.4, 0.5) is 22.2 Å². The summed E-state index contributed by atoms with van der Waals surface area (Å²) in [7, 11) is 0. The molecule has 4 rings (SSSR count). The molecule has 0 aliphatic carbocycles. The van der Waals surface area contributed by atoms with E-state index in [1.54, 1.807) is 0 Å². The highest BCUT2D eigenvalue weighted by atomic mass is 16.2. The van der Waals surface area contributed by atoms with Gasteiger partial charge in [-0.2, -0.15) is 4.98 Å². The van der Waals surface area contributed by atoms with Gasteiger partial charge in [-0.15, -0.1) is 0 Å². The van der Waals surface area contributed by atoms with Crippen molar-refractivity contribution >= 4 is 34.3 Å². The molecule has 0 aliphatic heterocycles. The standard InChI is InChI=1S/C22H22N6O/c1-15-13-20(24-12-10-18-7-4-11-23-18)27-21(25-15)28-22(29)26-19-9-8-16-5-2-3-6-17(16)14-19/h2-9,11,13-14,23H,10,12H2,1H3,(H3,24,25,26,27,28,29). The predicted octanol–water partition coefficient (Wildman–Crippen LogP) is 4.56. The molecule has 7 nitrogen and oxygen atoms in total. The zero-order chi connectivity index (χ0) is 20.1. The third kappa shape index (κ3) is 4.90. The number of aromatic nitrogens is 3. The Bertz CT molecular complexity index is 1120. The number of benzene rings is 2. The van der Waals surface area contributed by atoms with E-state index in [0.29, 0.717) is 11.5 Å². The van der Waals surface area contributed by atoms with Crippen molar-refractivity contribution in [1.29, 1.82) is 0 Å². The lowest BCUT2D eigenvalue weighted by molar-refractivity contribution is 0.262. The molecule has 0 unspecified atom stereocenters. The highest BCUT2D eigenvalue weighted by molar-refractivity contribution is 6.00. The Morgan fingerprint density at radius 1 is 0.966 bits per heavy atom. The van der Waals surface area contributed by atoms with Crippen LogP contribution < -0.4 is 16.0 Å². The van der Waals surface area contributed by atoms with E-state index in [-0.39, 0.29) is 12.0 Å². The van der Waals surface area contributed by atoms with E-state index < -0.39 is 0 Å². The highest BCUT2D eigenvalue weighted by Crippen LogP contribution is 2.19. The van der Waals surface area contributed by atoms with Gasteiger partial charge in [0.05, 0.1) is 0 Å². The lowest BCUT2D eigenvalue weighted by atomic mass is 10.1. The van der Waals surface area contributed by atoms with Gasteiger partial charge in [0, 0.05) is 42.3 Å². The van der Waals surface area contributed by atoms with Gasteiger partial charge in [-0.05, 0) is 42.0 Å². The summed E-state index contributed by atoms with van der Waals surface area (Å²) in [6.07, 6.45) is 2.75. The van der Waals surface area contributed by atoms with Gasteiger partial charge in [-0.1, -0.05) is 30.3 Å². The second-order valence-electron chi connectivity index (χ2n) is 6.73. The van der Waals surface area contributed by atoms with Crippen LogP contribution in [0.25, 0.3) is 10.8 Å². The van der Waals surface area contributed by atoms with E-state index in [1.165, 1.54) is 0 Å². The van der Waals surface area contributed by atoms with E-state index in [2.05, 4.69) is 30.9 Å². The number of carbonyl (C=O) groups excluding carboxylic acids is 1. The number of nitrogens with one attached hydrogen (secondary N) is 4. The fourth-order valence-electron chi connectivity index (χ4n) is 3.09. The van der Waals surface area contributed by atoms with E-state index in [0.717, 1.165) is 35.1 Å². The van der Waals surface area contributed by atoms with Gasteiger partial charge in [0.25, 0.3) is 0 Å². The first kappa shape index (κ1) is 18.5. The lowest BCUT2D eigenvalue weighted by Gasteiger charge is -2.10. The Hall–Kier alpha value is -3.87. The molecule has 2 aromatic carbocycles. The van der Waals surface area contributed by atoms with Gasteiger partial charge in [-0.25, -0.2) is 9.78 Å². The molecule has 0 saturated carbocycles. The van der Waals surface area contributed by atoms with Crippen molar-refractivity contribution < 1.29 is 4.79 Å². The van der Waals surface area contributed by atoms with Crippen molar-refractivity contribution in [2.24, 2.45) is 0 Å². The predicted molar refractivity (Wildman–Crippen MR) is 116 cm³/mol. The average molecular weight is 386 g/mol. The van der Waals surface area contributed by atoms with Crippen LogP contribution in [0.1, 0.15) is 11.4 Å². The molecule has 0 radical (unpaired) electrons. The fourth-order valence-corrected chi connectivity index (χ4v) is 3.09. The monoisotopic (exact) mass is 386 g/mol. The van der Waals surface area contributed by atoms with Crippen LogP contribution >= 0.6 is 0 Å². The molecule has 2 aromatic heterocycles. The zero-order valence-corrected chi connectivity index (χ0v) is 16.1. The van der Waals surface area contributed by atoms with Crippen LogP contribution in [-0.2, 0) is 6.42 Å². The van der Waals surface area contributed by atoms with Crippen LogP contribution in [0.3, 0.4) is 0 Å². The summed E-state index contributed by atoms with van der Waals surface area (Å²) >= 11 is 0. The van der Waals surface area contributed by atoms with Gasteiger partial charge in [-0.3, -0.25) is 5.32 Å². The Balaban J connectivity index is 1.38. The number of urea groups is 1. The number of aryl methyl sites for hydroxylation is 1. The van der Waals surface area contributed by atoms with Gasteiger partial charge in [0.2, 0.25) is 5.95 Å². The Labute approximate surface area is 168 Å². The Kier molecular flexibility index (Phi) is 5.38. The van der Waals surface area contributed by atoms with Crippen molar-refractivity contribution in [3.8, 4) is 0 Å². The number of amides is 2. The lowest BCUT2D eigenvalue weighted by Crippen LogP contribution is -2.21. The van der Waals surface area contributed by atoms with Crippen LogP contribution in [0.2, 0.25) is 0 Å². The van der Waals surface area contributed by atoms with Crippen LogP contribution in [0.15, 0.2) is 66.9 Å². The first-order chi connectivity index (χ1) is 14.2. The van der Waals surface area contributed by atoms with Crippen molar-refractivity contribution in [2.45, 2.75) is 13.3 Å². The smallest absolute Gasteiger partial charge is 0.326 e. The summed E-state index contributed by atoms with van der Waals surface area (Å²) in [5.41, 5.74) is 2.62. The number of rotatable bonds is 6. The maximum absolute atomic E-state index is 12.4. The molecule has 146 valence electrons. The fraction of sp³-hybridized carbons (Fsp3) is 0.136. The second kappa shape index (κ2) is 8.43. The van der Waals surface area contributed by atoms with Crippen molar-refractivity contribution in [2.75, 3.05) is 22.5 Å². The maximum Gasteiger partial charge on any atom is 0.326 e. The summed E-state index contributed by atoms with van der Waals surface area (Å²) in [4.78, 5) is 24.2. The van der Waals surface area contributed by atoms with Crippen molar-refractivity contribution in [3.63, 3.8) is 0 Å². The molecule has 0 fully saturated rings. The number of anilines is 3. The van der Waals surface area contributed by atoms with E-state index in [1.807, 2.05) is 73.8 Å². The van der Waals surface area contributed by atoms with Gasteiger partial charge in [0.15, 0.2) is 0 Å². The molecule has 2 amide bonds. The van der Waals surface area contributed by atoms with Gasteiger partial charge < -0.3 is 15.6 Å². The van der Waals surface area contributed by atoms with Gasteiger partial charge in [0.1, 0.15) is 5.82 Å². The molecule has 7 heteroatoms. The van der Waals surface area contributed by atoms with E-state index in [9.17, 15) is 4.79 Å². The quantitative estimate of drug-likeness (QED) is 0.390. The molecule has 4 aromatic rings. The first-order valence-electron chi connectivity index (χ1n) is 9.44. The zero-order valence-electron chi connectivity index (χ0n) is 16.1. The molecule has 0 atom stereocenters. The Morgan fingerprint density at radius 2 is 1.83 bits per heavy atom. The SMILES string of the molecule is Cc1cc(NCCc2ccc[nH]2)nc(NC(=O)Nc2ccc3ccccc3c2)n1. The minimum atomic E-state index is -0.386. The van der Waals surface area contributed by atoms with Crippen LogP contribution in [0, 0.1) is 6.92 Å². The third-order valence-corrected chi connectivity index (χ3v) is 4.45. The molecule has 4 N–H and O–H groups in total. The molecule has 0 aliphatic rings. The molecular weight excluding hydrogens is 364 g/mol. The number of aromatic amines is 1. The molecule has 29 heavy (non-hydrogen) atoms. The summed E-state index contributed by atoms with van der Waals surface area (Å²) in [5, 5.41) is 11.0. The van der Waals surface area contributed by atoms with E-state index in [4.69, 9.17) is 0 Å². The van der Waals surface area contributed by atoms with Crippen LogP contribution in [0.5, 0.6) is 0 Å². The second-order valence-corrected chi connectivity index (χ2v) is 6.73. The number of hydrogen-bond acceptors (Lipinski definition) is 4. The number of carbonyl (C=O) groups is 1. The van der Waals surface area contributed by atoms with Crippen molar-refractivity contribution in [3.05, 3.63) is 78.2 Å². The topological polar surface area (TPSA) is 94.7 Å². The summed E-state index contributed by atoms with van der Waals surface area (Å²) in [5.74, 6) is 0.927. The molecule has 0 bridgehead atoms. The summed E-state index contributed by atoms with van der Waals surface area (Å²) in [6.45, 7) is 2.59. The molecule has 0 spiro atoms. The number of hydrogen-bond donors (Lipinski definition) is 4. The third-order valence-electron chi connectivity index (χ3n) is 4.45. The molecule has 2 heterocycles. The van der Waals surface area contributed by atoms with Crippen LogP contribution in [-0.4, -0.2) is 27.5 Å². The summed E-state index contributed by atoms with van der Waals surface area (Å²) < 4.78 is 0. The highest BCUT2D eigenvalue weighted by Gasteiger charge is 2.08.